The van der Waals surface area contributed by atoms with E-state index in [-0.39, 0.29) is 5.91 Å². The third-order valence-electron chi connectivity index (χ3n) is 4.60. The number of amides is 1. The lowest BCUT2D eigenvalue weighted by atomic mass is 10.0. The van der Waals surface area contributed by atoms with Crippen LogP contribution in [0.1, 0.15) is 50.5 Å². The Labute approximate surface area is 121 Å². The van der Waals surface area contributed by atoms with Crippen LogP contribution in [0.3, 0.4) is 0 Å². The standard InChI is InChI=1S/C17H24N2O/c20-16(11-10-13-5-1-2-6-13)19-15-9-3-7-14-8-4-12-18-17(14)15/h3,7,9,13,18H,1-2,4-6,8,10-12H2,(H,19,20). The van der Waals surface area contributed by atoms with Crippen LogP contribution >= 0.6 is 0 Å². The Bertz CT molecular complexity index is 478. The average molecular weight is 272 g/mol. The van der Waals surface area contributed by atoms with Gasteiger partial charge in [0, 0.05) is 13.0 Å². The number of fused-ring (bicyclic) bond motifs is 1. The van der Waals surface area contributed by atoms with Crippen LogP contribution in [0, 0.1) is 5.92 Å². The van der Waals surface area contributed by atoms with E-state index >= 15 is 0 Å². The molecule has 0 aromatic heterocycles. The summed E-state index contributed by atoms with van der Waals surface area (Å²) in [5.41, 5.74) is 3.41. The minimum absolute atomic E-state index is 0.165. The second-order valence-corrected chi connectivity index (χ2v) is 6.11. The van der Waals surface area contributed by atoms with Crippen LogP contribution in [0.4, 0.5) is 11.4 Å². The van der Waals surface area contributed by atoms with E-state index in [9.17, 15) is 4.79 Å². The van der Waals surface area contributed by atoms with E-state index in [1.807, 2.05) is 12.1 Å². The summed E-state index contributed by atoms with van der Waals surface area (Å²) in [5, 5.41) is 6.51. The maximum Gasteiger partial charge on any atom is 0.224 e. The highest BCUT2D eigenvalue weighted by Gasteiger charge is 2.17. The van der Waals surface area contributed by atoms with Crippen molar-refractivity contribution in [2.24, 2.45) is 5.92 Å². The molecule has 1 aliphatic carbocycles. The first-order valence-electron chi connectivity index (χ1n) is 7.98. The number of hydrogen-bond donors (Lipinski definition) is 2. The van der Waals surface area contributed by atoms with Gasteiger partial charge in [-0.3, -0.25) is 4.79 Å². The molecule has 2 N–H and O–H groups in total. The van der Waals surface area contributed by atoms with E-state index in [2.05, 4.69) is 16.7 Å². The van der Waals surface area contributed by atoms with Crippen LogP contribution in [0.5, 0.6) is 0 Å². The van der Waals surface area contributed by atoms with Gasteiger partial charge in [-0.2, -0.15) is 0 Å². The molecular formula is C17H24N2O. The summed E-state index contributed by atoms with van der Waals surface area (Å²) in [7, 11) is 0. The van der Waals surface area contributed by atoms with Gasteiger partial charge in [0.05, 0.1) is 11.4 Å². The number of carbonyl (C=O) groups excluding carboxylic acids is 1. The van der Waals surface area contributed by atoms with Gasteiger partial charge < -0.3 is 10.6 Å². The molecule has 1 aliphatic heterocycles. The molecule has 0 spiro atoms. The first-order chi connectivity index (χ1) is 9.83. The second kappa shape index (κ2) is 6.29. The highest BCUT2D eigenvalue weighted by molar-refractivity contribution is 5.94. The average Bonchev–Trinajstić information content (AvgIpc) is 2.99. The van der Waals surface area contributed by atoms with Crippen LogP contribution < -0.4 is 10.6 Å². The Kier molecular flexibility index (Phi) is 4.24. The Hall–Kier alpha value is -1.51. The summed E-state index contributed by atoms with van der Waals surface area (Å²) in [6.45, 7) is 1.00. The van der Waals surface area contributed by atoms with Gasteiger partial charge in [-0.05, 0) is 36.8 Å². The number of anilines is 2. The second-order valence-electron chi connectivity index (χ2n) is 6.11. The summed E-state index contributed by atoms with van der Waals surface area (Å²) >= 11 is 0. The molecule has 1 heterocycles. The molecule has 1 saturated carbocycles. The zero-order chi connectivity index (χ0) is 13.8. The summed E-state index contributed by atoms with van der Waals surface area (Å²) in [5.74, 6) is 0.946. The molecule has 0 radical (unpaired) electrons. The molecule has 1 aromatic rings. The van der Waals surface area contributed by atoms with Crippen molar-refractivity contribution in [3.8, 4) is 0 Å². The Morgan fingerprint density at radius 1 is 1.25 bits per heavy atom. The predicted octanol–water partition coefficient (Wildman–Crippen LogP) is 3.95. The van der Waals surface area contributed by atoms with Gasteiger partial charge in [0.25, 0.3) is 0 Å². The molecule has 1 amide bonds. The summed E-state index contributed by atoms with van der Waals surface area (Å²) < 4.78 is 0. The zero-order valence-corrected chi connectivity index (χ0v) is 12.1. The lowest BCUT2D eigenvalue weighted by Crippen LogP contribution is -2.18. The molecule has 0 atom stereocenters. The fourth-order valence-electron chi connectivity index (χ4n) is 3.46. The molecule has 0 bridgehead atoms. The van der Waals surface area contributed by atoms with Gasteiger partial charge in [0.15, 0.2) is 0 Å². The normalized spacial score (nSPS) is 18.4. The third-order valence-corrected chi connectivity index (χ3v) is 4.60. The maximum atomic E-state index is 12.1. The van der Waals surface area contributed by atoms with Crippen LogP contribution in [-0.4, -0.2) is 12.5 Å². The Morgan fingerprint density at radius 3 is 2.95 bits per heavy atom. The molecule has 0 saturated heterocycles. The van der Waals surface area contributed by atoms with Crippen molar-refractivity contribution in [1.29, 1.82) is 0 Å². The molecule has 0 unspecified atom stereocenters. The predicted molar refractivity (Wildman–Crippen MR) is 83.1 cm³/mol. The monoisotopic (exact) mass is 272 g/mol. The Morgan fingerprint density at radius 2 is 2.10 bits per heavy atom. The first kappa shape index (κ1) is 13.5. The lowest BCUT2D eigenvalue weighted by molar-refractivity contribution is -0.116. The third kappa shape index (κ3) is 3.14. The van der Waals surface area contributed by atoms with E-state index < -0.39 is 0 Å². The number of hydrogen-bond acceptors (Lipinski definition) is 2. The van der Waals surface area contributed by atoms with Crippen LogP contribution in [0.25, 0.3) is 0 Å². The van der Waals surface area contributed by atoms with Gasteiger partial charge in [-0.15, -0.1) is 0 Å². The minimum atomic E-state index is 0.165. The fraction of sp³-hybridized carbons (Fsp3) is 0.588. The summed E-state index contributed by atoms with van der Waals surface area (Å²) in [6.07, 6.45) is 9.32. The fourth-order valence-corrected chi connectivity index (χ4v) is 3.46. The first-order valence-corrected chi connectivity index (χ1v) is 7.98. The number of nitrogens with one attached hydrogen (secondary N) is 2. The van der Waals surface area contributed by atoms with E-state index in [0.29, 0.717) is 6.42 Å². The molecule has 1 aromatic carbocycles. The SMILES string of the molecule is O=C(CCC1CCCC1)Nc1cccc2c1NCCC2. The molecule has 2 aliphatic rings. The number of carbonyl (C=O) groups is 1. The molecular weight excluding hydrogens is 248 g/mol. The molecule has 1 fully saturated rings. The van der Waals surface area contributed by atoms with Gasteiger partial charge in [0.2, 0.25) is 5.91 Å². The van der Waals surface area contributed by atoms with Crippen molar-refractivity contribution < 1.29 is 4.79 Å². The molecule has 108 valence electrons. The van der Waals surface area contributed by atoms with Gasteiger partial charge in [0.1, 0.15) is 0 Å². The van der Waals surface area contributed by atoms with Crippen molar-refractivity contribution in [1.82, 2.24) is 0 Å². The van der Waals surface area contributed by atoms with Crippen molar-refractivity contribution in [3.05, 3.63) is 23.8 Å². The van der Waals surface area contributed by atoms with Crippen molar-refractivity contribution in [3.63, 3.8) is 0 Å². The molecule has 3 rings (SSSR count). The number of aryl methyl sites for hydroxylation is 1. The van der Waals surface area contributed by atoms with Gasteiger partial charge in [-0.1, -0.05) is 37.8 Å². The maximum absolute atomic E-state index is 12.1. The number of rotatable bonds is 4. The highest BCUT2D eigenvalue weighted by atomic mass is 16.1. The Balaban J connectivity index is 1.58. The van der Waals surface area contributed by atoms with Crippen LogP contribution in [0.2, 0.25) is 0 Å². The molecule has 3 heteroatoms. The molecule has 20 heavy (non-hydrogen) atoms. The van der Waals surface area contributed by atoms with E-state index in [4.69, 9.17) is 0 Å². The highest BCUT2D eigenvalue weighted by Crippen LogP contribution is 2.31. The van der Waals surface area contributed by atoms with E-state index in [1.54, 1.807) is 0 Å². The summed E-state index contributed by atoms with van der Waals surface area (Å²) in [4.78, 5) is 12.1. The van der Waals surface area contributed by atoms with Crippen LogP contribution in [-0.2, 0) is 11.2 Å². The smallest absolute Gasteiger partial charge is 0.224 e. The number of benzene rings is 1. The van der Waals surface area contributed by atoms with E-state index in [1.165, 1.54) is 37.7 Å². The van der Waals surface area contributed by atoms with Gasteiger partial charge >= 0.3 is 0 Å². The number of para-hydroxylation sites is 1. The van der Waals surface area contributed by atoms with Crippen molar-refractivity contribution in [2.45, 2.75) is 51.4 Å². The van der Waals surface area contributed by atoms with E-state index in [0.717, 1.165) is 36.7 Å². The minimum Gasteiger partial charge on any atom is -0.383 e. The summed E-state index contributed by atoms with van der Waals surface area (Å²) in [6, 6.07) is 6.19. The van der Waals surface area contributed by atoms with Gasteiger partial charge in [-0.25, -0.2) is 0 Å². The van der Waals surface area contributed by atoms with Crippen molar-refractivity contribution >= 4 is 17.3 Å². The van der Waals surface area contributed by atoms with Crippen molar-refractivity contribution in [2.75, 3.05) is 17.2 Å². The zero-order valence-electron chi connectivity index (χ0n) is 12.1. The van der Waals surface area contributed by atoms with Crippen LogP contribution in [0.15, 0.2) is 18.2 Å². The largest absolute Gasteiger partial charge is 0.383 e. The quantitative estimate of drug-likeness (QED) is 0.871. The lowest BCUT2D eigenvalue weighted by Gasteiger charge is -2.21. The molecule has 3 nitrogen and oxygen atoms in total. The topological polar surface area (TPSA) is 41.1 Å².